The highest BCUT2D eigenvalue weighted by atomic mass is 79.9. The van der Waals surface area contributed by atoms with E-state index in [1.54, 1.807) is 6.07 Å². The lowest BCUT2D eigenvalue weighted by atomic mass is 10.1. The van der Waals surface area contributed by atoms with Gasteiger partial charge in [-0.1, -0.05) is 22.0 Å². The molecule has 21 heavy (non-hydrogen) atoms. The van der Waals surface area contributed by atoms with E-state index in [-0.39, 0.29) is 23.4 Å². The lowest BCUT2D eigenvalue weighted by molar-refractivity contribution is 0.0697. The molecule has 0 aromatic heterocycles. The Bertz CT molecular complexity index is 704. The van der Waals surface area contributed by atoms with Crippen molar-refractivity contribution in [3.05, 3.63) is 63.1 Å². The Morgan fingerprint density at radius 3 is 2.57 bits per heavy atom. The fourth-order valence-electron chi connectivity index (χ4n) is 1.80. The fourth-order valence-corrected chi connectivity index (χ4v) is 2.31. The van der Waals surface area contributed by atoms with Gasteiger partial charge in [0.25, 0.3) is 0 Å². The molecule has 0 aliphatic heterocycles. The van der Waals surface area contributed by atoms with Gasteiger partial charge < -0.3 is 10.4 Å². The fraction of sp³-hybridized carbons (Fsp3) is 0.133. The van der Waals surface area contributed by atoms with Gasteiger partial charge in [0.15, 0.2) is 0 Å². The molecule has 0 radical (unpaired) electrons. The van der Waals surface area contributed by atoms with Crippen molar-refractivity contribution >= 4 is 27.6 Å². The van der Waals surface area contributed by atoms with Gasteiger partial charge in [-0.3, -0.25) is 0 Å². The van der Waals surface area contributed by atoms with Crippen molar-refractivity contribution in [1.82, 2.24) is 0 Å². The van der Waals surface area contributed by atoms with E-state index in [0.717, 1.165) is 17.7 Å². The molecule has 0 saturated carbocycles. The number of benzene rings is 2. The number of hydrogen-bond acceptors (Lipinski definition) is 2. The number of carboxylic acids is 1. The normalized spacial score (nSPS) is 10.5. The van der Waals surface area contributed by atoms with Crippen LogP contribution < -0.4 is 5.32 Å². The molecule has 2 aromatic rings. The molecule has 0 amide bonds. The highest BCUT2D eigenvalue weighted by Gasteiger charge is 2.09. The number of rotatable bonds is 4. The zero-order valence-electron chi connectivity index (χ0n) is 11.1. The van der Waals surface area contributed by atoms with E-state index >= 15 is 0 Å². The average molecular weight is 356 g/mol. The third-order valence-corrected chi connectivity index (χ3v) is 3.76. The Morgan fingerprint density at radius 2 is 1.95 bits per heavy atom. The first kappa shape index (κ1) is 15.4. The Hall–Kier alpha value is -1.95. The zero-order chi connectivity index (χ0) is 15.6. The minimum absolute atomic E-state index is 0.0623. The van der Waals surface area contributed by atoms with Crippen LogP contribution in [0.2, 0.25) is 0 Å². The lowest BCUT2D eigenvalue weighted by Crippen LogP contribution is -2.04. The monoisotopic (exact) mass is 355 g/mol. The van der Waals surface area contributed by atoms with Crippen LogP contribution in [0, 0.1) is 18.6 Å². The standard InChI is InChI=1S/C15H12BrF2NO2/c1-8-4-13(18)14(6-12(8)17)19-7-10-3-2-9(15(20)21)5-11(10)16/h2-6,19H,7H2,1H3,(H,20,21). The SMILES string of the molecule is Cc1cc(F)c(NCc2ccc(C(=O)O)cc2Br)cc1F. The second-order valence-corrected chi connectivity index (χ2v) is 5.40. The second-order valence-electron chi connectivity index (χ2n) is 4.55. The van der Waals surface area contributed by atoms with Gasteiger partial charge in [-0.15, -0.1) is 0 Å². The zero-order valence-corrected chi connectivity index (χ0v) is 12.7. The maximum Gasteiger partial charge on any atom is 0.335 e. The Kier molecular flexibility index (Phi) is 4.57. The Balaban J connectivity index is 2.17. The molecule has 0 aliphatic rings. The number of hydrogen-bond donors (Lipinski definition) is 2. The quantitative estimate of drug-likeness (QED) is 0.857. The van der Waals surface area contributed by atoms with E-state index in [1.165, 1.54) is 19.1 Å². The number of halogens is 3. The molecule has 0 heterocycles. The van der Waals surface area contributed by atoms with Crippen LogP contribution >= 0.6 is 15.9 Å². The summed E-state index contributed by atoms with van der Waals surface area (Å²) in [7, 11) is 0. The van der Waals surface area contributed by atoms with Crippen molar-refractivity contribution in [3.63, 3.8) is 0 Å². The highest BCUT2D eigenvalue weighted by molar-refractivity contribution is 9.10. The van der Waals surface area contributed by atoms with Gasteiger partial charge in [0.1, 0.15) is 11.6 Å². The molecule has 2 aromatic carbocycles. The third kappa shape index (κ3) is 3.58. The van der Waals surface area contributed by atoms with Crippen LogP contribution in [0.4, 0.5) is 14.5 Å². The summed E-state index contributed by atoms with van der Waals surface area (Å²) in [6, 6.07) is 6.76. The number of anilines is 1. The van der Waals surface area contributed by atoms with Gasteiger partial charge in [0, 0.05) is 17.1 Å². The summed E-state index contributed by atoms with van der Waals surface area (Å²) < 4.78 is 27.7. The number of carboxylic acid groups (broad SMARTS) is 1. The van der Waals surface area contributed by atoms with Gasteiger partial charge in [0.05, 0.1) is 11.3 Å². The van der Waals surface area contributed by atoms with Crippen LogP contribution in [0.15, 0.2) is 34.8 Å². The molecule has 110 valence electrons. The molecular weight excluding hydrogens is 344 g/mol. The molecule has 0 unspecified atom stereocenters. The van der Waals surface area contributed by atoms with Crippen molar-refractivity contribution in [2.24, 2.45) is 0 Å². The van der Waals surface area contributed by atoms with Gasteiger partial charge in [0.2, 0.25) is 0 Å². The van der Waals surface area contributed by atoms with Crippen LogP contribution in [-0.2, 0) is 6.54 Å². The Labute approximate surface area is 128 Å². The maximum atomic E-state index is 13.7. The molecule has 0 saturated heterocycles. The highest BCUT2D eigenvalue weighted by Crippen LogP contribution is 2.23. The number of carbonyl (C=O) groups is 1. The maximum absolute atomic E-state index is 13.7. The summed E-state index contributed by atoms with van der Waals surface area (Å²) in [6.45, 7) is 1.73. The van der Waals surface area contributed by atoms with Gasteiger partial charge in [-0.25, -0.2) is 13.6 Å². The summed E-state index contributed by atoms with van der Waals surface area (Å²) in [5.74, 6) is -2.05. The average Bonchev–Trinajstić information content (AvgIpc) is 2.42. The van der Waals surface area contributed by atoms with E-state index in [0.29, 0.717) is 4.47 Å². The number of nitrogens with one attached hydrogen (secondary N) is 1. The first-order valence-corrected chi connectivity index (χ1v) is 6.89. The van der Waals surface area contributed by atoms with Crippen molar-refractivity contribution in [2.75, 3.05) is 5.32 Å². The predicted molar refractivity (Wildman–Crippen MR) is 79.5 cm³/mol. The Morgan fingerprint density at radius 1 is 1.24 bits per heavy atom. The predicted octanol–water partition coefficient (Wildman–Crippen LogP) is 4.35. The minimum Gasteiger partial charge on any atom is -0.478 e. The van der Waals surface area contributed by atoms with Gasteiger partial charge >= 0.3 is 5.97 Å². The topological polar surface area (TPSA) is 49.3 Å². The van der Waals surface area contributed by atoms with E-state index in [2.05, 4.69) is 21.2 Å². The molecule has 0 atom stereocenters. The largest absolute Gasteiger partial charge is 0.478 e. The van der Waals surface area contributed by atoms with Gasteiger partial charge in [-0.05, 0) is 36.2 Å². The first-order chi connectivity index (χ1) is 9.88. The summed E-state index contributed by atoms with van der Waals surface area (Å²) in [6.07, 6.45) is 0. The summed E-state index contributed by atoms with van der Waals surface area (Å²) >= 11 is 3.26. The summed E-state index contributed by atoms with van der Waals surface area (Å²) in [5.41, 5.74) is 1.19. The van der Waals surface area contributed by atoms with E-state index in [1.807, 2.05) is 0 Å². The van der Waals surface area contributed by atoms with E-state index in [4.69, 9.17) is 5.11 Å². The van der Waals surface area contributed by atoms with Crippen LogP contribution in [0.3, 0.4) is 0 Å². The molecule has 0 spiro atoms. The minimum atomic E-state index is -1.03. The number of aryl methyl sites for hydroxylation is 1. The van der Waals surface area contributed by atoms with Crippen molar-refractivity contribution < 1.29 is 18.7 Å². The lowest BCUT2D eigenvalue weighted by Gasteiger charge is -2.11. The smallest absolute Gasteiger partial charge is 0.335 e. The van der Waals surface area contributed by atoms with E-state index in [9.17, 15) is 13.6 Å². The van der Waals surface area contributed by atoms with Crippen LogP contribution in [0.5, 0.6) is 0 Å². The van der Waals surface area contributed by atoms with Crippen LogP contribution in [0.1, 0.15) is 21.5 Å². The molecule has 0 fully saturated rings. The molecule has 0 aliphatic carbocycles. The molecule has 2 rings (SSSR count). The van der Waals surface area contributed by atoms with E-state index < -0.39 is 17.6 Å². The van der Waals surface area contributed by atoms with Crippen LogP contribution in [0.25, 0.3) is 0 Å². The molecular formula is C15H12BrF2NO2. The summed E-state index contributed by atoms with van der Waals surface area (Å²) in [5, 5.41) is 11.7. The van der Waals surface area contributed by atoms with Crippen molar-refractivity contribution in [3.8, 4) is 0 Å². The second kappa shape index (κ2) is 6.22. The molecule has 3 nitrogen and oxygen atoms in total. The van der Waals surface area contributed by atoms with Crippen molar-refractivity contribution in [2.45, 2.75) is 13.5 Å². The molecule has 0 bridgehead atoms. The van der Waals surface area contributed by atoms with Crippen molar-refractivity contribution in [1.29, 1.82) is 0 Å². The molecule has 2 N–H and O–H groups in total. The van der Waals surface area contributed by atoms with Crippen LogP contribution in [-0.4, -0.2) is 11.1 Å². The molecule has 6 heteroatoms. The first-order valence-electron chi connectivity index (χ1n) is 6.09. The number of aromatic carboxylic acids is 1. The van der Waals surface area contributed by atoms with Gasteiger partial charge in [-0.2, -0.15) is 0 Å². The summed E-state index contributed by atoms with van der Waals surface area (Å²) in [4.78, 5) is 10.8. The third-order valence-electron chi connectivity index (χ3n) is 3.02.